The lowest BCUT2D eigenvalue weighted by Gasteiger charge is -2.17. The second-order valence-corrected chi connectivity index (χ2v) is 8.09. The quantitative estimate of drug-likeness (QED) is 0.452. The van der Waals surface area contributed by atoms with Crippen LogP contribution in [0, 0.1) is 6.92 Å². The molecule has 3 rings (SSSR count). The fraction of sp³-hybridized carbons (Fsp3) is 0.304. The zero-order valence-electron chi connectivity index (χ0n) is 17.5. The Morgan fingerprint density at radius 2 is 1.90 bits per heavy atom. The molecule has 3 amide bonds. The van der Waals surface area contributed by atoms with E-state index in [1.807, 2.05) is 51.1 Å². The molecule has 7 heteroatoms. The van der Waals surface area contributed by atoms with Crippen molar-refractivity contribution in [1.29, 1.82) is 0 Å². The number of hydrogen-bond donors (Lipinski definition) is 1. The van der Waals surface area contributed by atoms with Crippen molar-refractivity contribution in [2.45, 2.75) is 39.8 Å². The fourth-order valence-electron chi connectivity index (χ4n) is 2.98. The molecule has 1 fully saturated rings. The molecule has 0 aliphatic carbocycles. The Hall–Kier alpha value is -2.80. The van der Waals surface area contributed by atoms with E-state index in [4.69, 9.17) is 9.47 Å². The summed E-state index contributed by atoms with van der Waals surface area (Å²) in [6.45, 7) is 6.23. The Kier molecular flexibility index (Phi) is 6.82. The molecule has 6 nitrogen and oxygen atoms in total. The van der Waals surface area contributed by atoms with Gasteiger partial charge in [0.05, 0.1) is 24.2 Å². The zero-order chi connectivity index (χ0) is 21.8. The van der Waals surface area contributed by atoms with Gasteiger partial charge in [0.1, 0.15) is 5.70 Å². The molecule has 1 aliphatic rings. The zero-order valence-corrected chi connectivity index (χ0v) is 19.1. The van der Waals surface area contributed by atoms with Gasteiger partial charge in [-0.3, -0.25) is 9.69 Å². The van der Waals surface area contributed by atoms with E-state index in [0.29, 0.717) is 21.5 Å². The van der Waals surface area contributed by atoms with Crippen molar-refractivity contribution in [2.24, 2.45) is 0 Å². The monoisotopic (exact) mass is 472 g/mol. The van der Waals surface area contributed by atoms with E-state index < -0.39 is 6.03 Å². The van der Waals surface area contributed by atoms with Crippen molar-refractivity contribution in [3.05, 3.63) is 63.3 Å². The molecule has 0 saturated carbocycles. The number of amides is 3. The summed E-state index contributed by atoms with van der Waals surface area (Å²) in [7, 11) is 1.56. The average Bonchev–Trinajstić information content (AvgIpc) is 2.98. The summed E-state index contributed by atoms with van der Waals surface area (Å²) >= 11 is 3.52. The van der Waals surface area contributed by atoms with Crippen LogP contribution in [0.2, 0.25) is 0 Å². The number of hydrogen-bond acceptors (Lipinski definition) is 4. The lowest BCUT2D eigenvalue weighted by molar-refractivity contribution is -0.123. The van der Waals surface area contributed by atoms with E-state index in [0.717, 1.165) is 17.5 Å². The van der Waals surface area contributed by atoms with Crippen LogP contribution in [-0.4, -0.2) is 30.1 Å². The van der Waals surface area contributed by atoms with Crippen molar-refractivity contribution in [3.63, 3.8) is 0 Å². The van der Waals surface area contributed by atoms with E-state index in [2.05, 4.69) is 21.2 Å². The summed E-state index contributed by atoms with van der Waals surface area (Å²) in [6.07, 6.45) is 2.53. The number of carbonyl (C=O) groups is 2. The number of nitrogens with one attached hydrogen (secondary N) is 1. The first kappa shape index (κ1) is 21.9. The van der Waals surface area contributed by atoms with Crippen LogP contribution in [0.5, 0.6) is 11.5 Å². The molecule has 0 spiro atoms. The first-order chi connectivity index (χ1) is 14.3. The number of aryl methyl sites for hydroxylation is 1. The molecule has 1 N–H and O–H groups in total. The van der Waals surface area contributed by atoms with Gasteiger partial charge in [0.15, 0.2) is 11.5 Å². The molecule has 1 saturated heterocycles. The Bertz CT molecular complexity index is 985. The van der Waals surface area contributed by atoms with Gasteiger partial charge in [-0.15, -0.1) is 0 Å². The predicted molar refractivity (Wildman–Crippen MR) is 119 cm³/mol. The first-order valence-electron chi connectivity index (χ1n) is 9.76. The Morgan fingerprint density at radius 3 is 2.53 bits per heavy atom. The number of carbonyl (C=O) groups excluding carboxylic acids is 2. The van der Waals surface area contributed by atoms with Crippen LogP contribution in [0.1, 0.15) is 37.0 Å². The first-order valence-corrected chi connectivity index (χ1v) is 10.6. The molecule has 1 heterocycles. The molecular weight excluding hydrogens is 448 g/mol. The van der Waals surface area contributed by atoms with Crippen molar-refractivity contribution in [3.8, 4) is 11.5 Å². The van der Waals surface area contributed by atoms with Gasteiger partial charge in [0.2, 0.25) is 0 Å². The van der Waals surface area contributed by atoms with E-state index in [1.165, 1.54) is 4.90 Å². The van der Waals surface area contributed by atoms with Crippen LogP contribution in [0.3, 0.4) is 0 Å². The Balaban J connectivity index is 1.84. The third-order valence-corrected chi connectivity index (χ3v) is 5.47. The van der Waals surface area contributed by atoms with Gasteiger partial charge in [0.25, 0.3) is 5.91 Å². The van der Waals surface area contributed by atoms with Crippen molar-refractivity contribution in [1.82, 2.24) is 10.2 Å². The number of imide groups is 1. The largest absolute Gasteiger partial charge is 0.493 e. The second-order valence-electron chi connectivity index (χ2n) is 7.24. The van der Waals surface area contributed by atoms with Crippen molar-refractivity contribution < 1.29 is 19.1 Å². The molecule has 0 bridgehead atoms. The number of rotatable bonds is 7. The van der Waals surface area contributed by atoms with Gasteiger partial charge in [-0.1, -0.05) is 36.8 Å². The van der Waals surface area contributed by atoms with Gasteiger partial charge < -0.3 is 14.8 Å². The number of nitrogens with zero attached hydrogens (tertiary/aromatic N) is 1. The van der Waals surface area contributed by atoms with Crippen LogP contribution in [0.4, 0.5) is 4.79 Å². The summed E-state index contributed by atoms with van der Waals surface area (Å²) in [5, 5.41) is 2.66. The number of urea groups is 1. The van der Waals surface area contributed by atoms with Crippen LogP contribution < -0.4 is 14.8 Å². The van der Waals surface area contributed by atoms with E-state index in [1.54, 1.807) is 19.3 Å². The van der Waals surface area contributed by atoms with Gasteiger partial charge in [-0.2, -0.15) is 0 Å². The van der Waals surface area contributed by atoms with E-state index in [9.17, 15) is 9.59 Å². The maximum Gasteiger partial charge on any atom is 0.329 e. The molecule has 158 valence electrons. The van der Waals surface area contributed by atoms with Gasteiger partial charge >= 0.3 is 6.03 Å². The predicted octanol–water partition coefficient (Wildman–Crippen LogP) is 5.04. The van der Waals surface area contributed by atoms with Gasteiger partial charge in [-0.05, 0) is 65.5 Å². The normalized spacial score (nSPS) is 16.0. The molecule has 2 aromatic carbocycles. The minimum Gasteiger partial charge on any atom is -0.493 e. The number of methoxy groups -OCH3 is 1. The van der Waals surface area contributed by atoms with Gasteiger partial charge in [0, 0.05) is 0 Å². The smallest absolute Gasteiger partial charge is 0.329 e. The lowest BCUT2D eigenvalue weighted by Crippen LogP contribution is -2.30. The Morgan fingerprint density at radius 1 is 1.20 bits per heavy atom. The highest BCUT2D eigenvalue weighted by Gasteiger charge is 2.33. The second kappa shape index (κ2) is 9.34. The highest BCUT2D eigenvalue weighted by molar-refractivity contribution is 9.10. The lowest BCUT2D eigenvalue weighted by atomic mass is 10.1. The van der Waals surface area contributed by atoms with Crippen molar-refractivity contribution in [2.75, 3.05) is 7.11 Å². The summed E-state index contributed by atoms with van der Waals surface area (Å²) in [6, 6.07) is 10.9. The highest BCUT2D eigenvalue weighted by Crippen LogP contribution is 2.38. The van der Waals surface area contributed by atoms with Crippen LogP contribution in [0.25, 0.3) is 6.08 Å². The molecule has 1 aliphatic heterocycles. The molecule has 30 heavy (non-hydrogen) atoms. The molecule has 1 atom stereocenters. The van der Waals surface area contributed by atoms with E-state index in [-0.39, 0.29) is 24.3 Å². The highest BCUT2D eigenvalue weighted by atomic mass is 79.9. The average molecular weight is 473 g/mol. The third-order valence-electron chi connectivity index (χ3n) is 4.88. The molecule has 0 aromatic heterocycles. The minimum absolute atomic E-state index is 0.0328. The summed E-state index contributed by atoms with van der Waals surface area (Å²) in [4.78, 5) is 26.3. The fourth-order valence-corrected chi connectivity index (χ4v) is 3.53. The molecule has 2 aromatic rings. The number of ether oxygens (including phenoxy) is 2. The Labute approximate surface area is 185 Å². The van der Waals surface area contributed by atoms with Crippen LogP contribution in [-0.2, 0) is 11.3 Å². The SMILES string of the molecule is CC[C@H](C)Oc1c(Br)cc(/C=C2/NC(=O)N(Cc3ccc(C)cc3)C2=O)cc1OC. The summed E-state index contributed by atoms with van der Waals surface area (Å²) in [5.41, 5.74) is 2.94. The molecule has 0 unspecified atom stereocenters. The number of halogens is 1. The maximum absolute atomic E-state index is 12.8. The standard InChI is InChI=1S/C23H25BrN2O4/c1-5-15(3)30-21-18(24)10-17(12-20(21)29-4)11-19-22(27)26(23(28)25-19)13-16-8-6-14(2)7-9-16/h6-12,15H,5,13H2,1-4H3,(H,25,28)/b19-11+/t15-/m0/s1. The van der Waals surface area contributed by atoms with Gasteiger partial charge in [-0.25, -0.2) is 4.79 Å². The summed E-state index contributed by atoms with van der Waals surface area (Å²) in [5.74, 6) is 0.789. The summed E-state index contributed by atoms with van der Waals surface area (Å²) < 4.78 is 12.1. The topological polar surface area (TPSA) is 67.9 Å². The van der Waals surface area contributed by atoms with Crippen LogP contribution in [0.15, 0.2) is 46.6 Å². The van der Waals surface area contributed by atoms with E-state index >= 15 is 0 Å². The van der Waals surface area contributed by atoms with Crippen molar-refractivity contribution >= 4 is 33.9 Å². The number of benzene rings is 2. The third kappa shape index (κ3) is 4.84. The maximum atomic E-state index is 12.8. The molecule has 0 radical (unpaired) electrons. The molecular formula is C23H25BrN2O4. The minimum atomic E-state index is -0.436. The van der Waals surface area contributed by atoms with Crippen LogP contribution >= 0.6 is 15.9 Å².